The summed E-state index contributed by atoms with van der Waals surface area (Å²) in [7, 11) is 0. The third-order valence-electron chi connectivity index (χ3n) is 3.41. The molecule has 1 aromatic carbocycles. The van der Waals surface area contributed by atoms with Gasteiger partial charge in [0.05, 0.1) is 5.51 Å². The Balaban J connectivity index is 2.14. The molecule has 2 aromatic rings. The summed E-state index contributed by atoms with van der Waals surface area (Å²) < 4.78 is 38.7. The largest absolute Gasteiger partial charge is 0.481 e. The van der Waals surface area contributed by atoms with E-state index in [4.69, 9.17) is 5.11 Å². The van der Waals surface area contributed by atoms with Gasteiger partial charge in [-0.2, -0.15) is 13.2 Å². The number of aliphatic carboxylic acids is 1. The molecular weight excluding hydrogens is 357 g/mol. The maximum Gasteiger partial charge on any atom is 0.427 e. The van der Waals surface area contributed by atoms with Crippen molar-refractivity contribution in [2.24, 2.45) is 0 Å². The van der Waals surface area contributed by atoms with Crippen molar-refractivity contribution in [1.82, 2.24) is 10.3 Å². The van der Waals surface area contributed by atoms with Gasteiger partial charge in [-0.15, -0.1) is 11.3 Å². The maximum atomic E-state index is 12.9. The molecule has 0 aliphatic heterocycles. The zero-order valence-electron chi connectivity index (χ0n) is 12.9. The van der Waals surface area contributed by atoms with Crippen molar-refractivity contribution in [3.63, 3.8) is 0 Å². The summed E-state index contributed by atoms with van der Waals surface area (Å²) in [6.07, 6.45) is -4.46. The van der Waals surface area contributed by atoms with Crippen LogP contribution in [0.25, 0.3) is 0 Å². The number of aromatic nitrogens is 1. The molecule has 1 unspecified atom stereocenters. The number of nitrogens with one attached hydrogen (secondary N) is 1. The molecule has 0 aliphatic carbocycles. The van der Waals surface area contributed by atoms with E-state index >= 15 is 0 Å². The first-order chi connectivity index (χ1) is 11.8. The van der Waals surface area contributed by atoms with E-state index in [2.05, 4.69) is 10.3 Å². The summed E-state index contributed by atoms with van der Waals surface area (Å²) in [5.74, 6) is -2.00. The fourth-order valence-electron chi connectivity index (χ4n) is 2.28. The molecular formula is C16H15F3N2O3S. The second kappa shape index (κ2) is 8.11. The highest BCUT2D eigenvalue weighted by atomic mass is 32.1. The molecule has 0 saturated carbocycles. The molecule has 0 aliphatic rings. The van der Waals surface area contributed by atoms with Gasteiger partial charge in [0.15, 0.2) is 5.69 Å². The molecule has 1 atom stereocenters. The number of halogens is 3. The van der Waals surface area contributed by atoms with Crippen LogP contribution >= 0.6 is 11.3 Å². The van der Waals surface area contributed by atoms with Crippen LogP contribution in [0.15, 0.2) is 35.8 Å². The third-order valence-corrected chi connectivity index (χ3v) is 4.28. The highest BCUT2D eigenvalue weighted by Gasteiger charge is 2.38. The predicted molar refractivity (Wildman–Crippen MR) is 85.4 cm³/mol. The van der Waals surface area contributed by atoms with Crippen LogP contribution in [0.1, 0.15) is 33.8 Å². The minimum absolute atomic E-state index is 0.0987. The number of benzene rings is 1. The number of carboxylic acids is 1. The summed E-state index contributed by atoms with van der Waals surface area (Å²) in [4.78, 5) is 25.4. The van der Waals surface area contributed by atoms with E-state index in [1.165, 1.54) is 0 Å². The van der Waals surface area contributed by atoms with Crippen LogP contribution in [0, 0.1) is 0 Å². The van der Waals surface area contributed by atoms with Crippen LogP contribution in [-0.4, -0.2) is 28.0 Å². The summed E-state index contributed by atoms with van der Waals surface area (Å²) >= 11 is 0.343. The number of thiazole rings is 1. The number of hydrogen-bond acceptors (Lipinski definition) is 4. The van der Waals surface area contributed by atoms with Gasteiger partial charge in [0.25, 0.3) is 5.91 Å². The van der Waals surface area contributed by atoms with Gasteiger partial charge >= 0.3 is 12.1 Å². The number of carboxylic acid groups (broad SMARTS) is 1. The zero-order valence-corrected chi connectivity index (χ0v) is 13.7. The number of nitrogens with zero attached hydrogens (tertiary/aromatic N) is 1. The van der Waals surface area contributed by atoms with Gasteiger partial charge < -0.3 is 10.4 Å². The first-order valence-electron chi connectivity index (χ1n) is 7.34. The molecule has 9 heteroatoms. The number of carbonyl (C=O) groups is 2. The molecule has 1 amide bonds. The Hall–Kier alpha value is -2.42. The van der Waals surface area contributed by atoms with Gasteiger partial charge in [-0.3, -0.25) is 9.59 Å². The van der Waals surface area contributed by atoms with Crippen molar-refractivity contribution in [3.05, 3.63) is 52.0 Å². The number of carbonyl (C=O) groups excluding carboxylic acids is 1. The highest BCUT2D eigenvalue weighted by molar-refractivity contribution is 7.10. The number of rotatable bonds is 7. The molecule has 2 N–H and O–H groups in total. The lowest BCUT2D eigenvalue weighted by molar-refractivity contribution is -0.137. The van der Waals surface area contributed by atoms with Gasteiger partial charge in [0.1, 0.15) is 4.88 Å². The number of amides is 1. The molecule has 1 aromatic heterocycles. The van der Waals surface area contributed by atoms with E-state index in [0.29, 0.717) is 17.8 Å². The topological polar surface area (TPSA) is 79.3 Å². The summed E-state index contributed by atoms with van der Waals surface area (Å²) in [5.41, 5.74) is 1.11. The van der Waals surface area contributed by atoms with Crippen molar-refractivity contribution < 1.29 is 27.9 Å². The predicted octanol–water partition coefficient (Wildman–Crippen LogP) is 3.37. The smallest absolute Gasteiger partial charge is 0.427 e. The van der Waals surface area contributed by atoms with Gasteiger partial charge in [-0.05, 0) is 18.4 Å². The van der Waals surface area contributed by atoms with Gasteiger partial charge in [0.2, 0.25) is 0 Å². The van der Waals surface area contributed by atoms with E-state index < -0.39 is 34.7 Å². The van der Waals surface area contributed by atoms with E-state index in [1.54, 1.807) is 30.3 Å². The maximum absolute atomic E-state index is 12.9. The minimum atomic E-state index is -4.66. The normalized spacial score (nSPS) is 12.6. The van der Waals surface area contributed by atoms with Crippen LogP contribution in [0.4, 0.5) is 13.2 Å². The molecule has 1 heterocycles. The lowest BCUT2D eigenvalue weighted by Crippen LogP contribution is -2.37. The Morgan fingerprint density at radius 1 is 1.24 bits per heavy atom. The summed E-state index contributed by atoms with van der Waals surface area (Å²) in [5, 5.41) is 11.3. The molecule has 2 rings (SSSR count). The minimum Gasteiger partial charge on any atom is -0.481 e. The SMILES string of the molecule is O=C(O)CCC(Cc1ccccc1)NC(=O)c1ncsc1C(F)(F)F. The summed E-state index contributed by atoms with van der Waals surface area (Å²) in [6, 6.07) is 8.35. The van der Waals surface area contributed by atoms with Crippen molar-refractivity contribution in [2.75, 3.05) is 0 Å². The van der Waals surface area contributed by atoms with Crippen LogP contribution in [0.2, 0.25) is 0 Å². The summed E-state index contributed by atoms with van der Waals surface area (Å²) in [6.45, 7) is 0. The number of hydrogen-bond donors (Lipinski definition) is 2. The number of alkyl halides is 3. The van der Waals surface area contributed by atoms with Gasteiger partial charge in [0, 0.05) is 12.5 Å². The molecule has 0 fully saturated rings. The van der Waals surface area contributed by atoms with Crippen LogP contribution in [0.5, 0.6) is 0 Å². The van der Waals surface area contributed by atoms with Crippen LogP contribution in [0.3, 0.4) is 0 Å². The van der Waals surface area contributed by atoms with E-state index in [0.717, 1.165) is 11.1 Å². The van der Waals surface area contributed by atoms with E-state index in [1.807, 2.05) is 0 Å². The second-order valence-corrected chi connectivity index (χ2v) is 6.18. The Bertz CT molecular complexity index is 732. The first-order valence-corrected chi connectivity index (χ1v) is 8.22. The van der Waals surface area contributed by atoms with Gasteiger partial charge in [-0.1, -0.05) is 30.3 Å². The molecule has 134 valence electrons. The average Bonchev–Trinajstić information content (AvgIpc) is 3.03. The van der Waals surface area contributed by atoms with Crippen molar-refractivity contribution in [1.29, 1.82) is 0 Å². The van der Waals surface area contributed by atoms with E-state index in [-0.39, 0.29) is 12.8 Å². The van der Waals surface area contributed by atoms with Crippen molar-refractivity contribution in [3.8, 4) is 0 Å². The second-order valence-electron chi connectivity index (χ2n) is 5.32. The quantitative estimate of drug-likeness (QED) is 0.781. The molecule has 25 heavy (non-hydrogen) atoms. The molecule has 0 spiro atoms. The Morgan fingerprint density at radius 3 is 2.52 bits per heavy atom. The fourth-order valence-corrected chi connectivity index (χ4v) is 2.94. The molecule has 5 nitrogen and oxygen atoms in total. The first kappa shape index (κ1) is 18.9. The fraction of sp³-hybridized carbons (Fsp3) is 0.312. The lowest BCUT2D eigenvalue weighted by Gasteiger charge is -2.18. The van der Waals surface area contributed by atoms with Gasteiger partial charge in [-0.25, -0.2) is 4.98 Å². The van der Waals surface area contributed by atoms with Crippen molar-refractivity contribution >= 4 is 23.2 Å². The van der Waals surface area contributed by atoms with Crippen LogP contribution < -0.4 is 5.32 Å². The van der Waals surface area contributed by atoms with Crippen LogP contribution in [-0.2, 0) is 17.4 Å². The zero-order chi connectivity index (χ0) is 18.4. The van der Waals surface area contributed by atoms with E-state index in [9.17, 15) is 22.8 Å². The highest BCUT2D eigenvalue weighted by Crippen LogP contribution is 2.34. The Labute approximate surface area is 145 Å². The monoisotopic (exact) mass is 372 g/mol. The van der Waals surface area contributed by atoms with Crippen molar-refractivity contribution in [2.45, 2.75) is 31.5 Å². The Kier molecular flexibility index (Phi) is 6.13. The third kappa shape index (κ3) is 5.56. The standard InChI is InChI=1S/C16H15F3N2O3S/c17-16(18,19)14-13(20-9-25-14)15(24)21-11(6-7-12(22)23)8-10-4-2-1-3-5-10/h1-5,9,11H,6-8H2,(H,21,24)(H,22,23). The lowest BCUT2D eigenvalue weighted by atomic mass is 10.0. The Morgan fingerprint density at radius 2 is 1.92 bits per heavy atom. The average molecular weight is 372 g/mol. The molecule has 0 saturated heterocycles. The molecule has 0 bridgehead atoms. The molecule has 0 radical (unpaired) electrons.